The molecule has 0 spiro atoms. The van der Waals surface area contributed by atoms with Gasteiger partial charge in [0.2, 0.25) is 0 Å². The van der Waals surface area contributed by atoms with Gasteiger partial charge in [-0.3, -0.25) is 0 Å². The fourth-order valence-electron chi connectivity index (χ4n) is 3.04. The average Bonchev–Trinajstić information content (AvgIpc) is 2.59. The Morgan fingerprint density at radius 2 is 1.81 bits per heavy atom. The van der Waals surface area contributed by atoms with Crippen LogP contribution in [0.5, 0.6) is 0 Å². The van der Waals surface area contributed by atoms with Gasteiger partial charge in [0.1, 0.15) is 5.60 Å². The molecule has 0 bridgehead atoms. The maximum Gasteiger partial charge on any atom is 0.410 e. The van der Waals surface area contributed by atoms with Gasteiger partial charge in [-0.25, -0.2) is 9.59 Å². The van der Waals surface area contributed by atoms with Crippen LogP contribution in [0.2, 0.25) is 5.02 Å². The number of allylic oxidation sites excluding steroid dienone is 1. The van der Waals surface area contributed by atoms with Crippen LogP contribution in [-0.2, 0) is 14.3 Å². The maximum absolute atomic E-state index is 12.3. The van der Waals surface area contributed by atoms with Gasteiger partial charge in [-0.1, -0.05) is 23.7 Å². The normalized spacial score (nSPS) is 17.7. The number of esters is 1. The van der Waals surface area contributed by atoms with E-state index < -0.39 is 5.60 Å². The molecular weight excluding hydrogens is 354 g/mol. The number of hydrogen-bond donors (Lipinski definition) is 0. The molecule has 0 radical (unpaired) electrons. The Morgan fingerprint density at radius 1 is 1.19 bits per heavy atom. The number of nitrogens with zero attached hydrogens (tertiary/aromatic N) is 1. The maximum atomic E-state index is 12.3. The van der Waals surface area contributed by atoms with Crippen molar-refractivity contribution >= 4 is 29.2 Å². The molecule has 1 atom stereocenters. The summed E-state index contributed by atoms with van der Waals surface area (Å²) < 4.78 is 10.4. The van der Waals surface area contributed by atoms with Gasteiger partial charge >= 0.3 is 12.1 Å². The third-order valence-corrected chi connectivity index (χ3v) is 4.64. The summed E-state index contributed by atoms with van der Waals surface area (Å²) in [6.07, 6.45) is 1.46. The molecule has 0 aromatic heterocycles. The molecule has 0 heterocycles. The van der Waals surface area contributed by atoms with Crippen LogP contribution in [0.25, 0.3) is 5.57 Å². The summed E-state index contributed by atoms with van der Waals surface area (Å²) in [4.78, 5) is 26.3. The summed E-state index contributed by atoms with van der Waals surface area (Å²) >= 11 is 5.96. The SMILES string of the molecule is COC(=O)C1=C(c2ccc(Cl)cc2)CCC(N(C)C(=O)OC(C)(C)C)C1. The number of methoxy groups -OCH3 is 1. The minimum atomic E-state index is -0.560. The van der Waals surface area contributed by atoms with Crippen molar-refractivity contribution < 1.29 is 19.1 Å². The Bertz CT molecular complexity index is 704. The first-order chi connectivity index (χ1) is 12.1. The zero-order valence-corrected chi connectivity index (χ0v) is 16.7. The van der Waals surface area contributed by atoms with Crippen LogP contribution < -0.4 is 0 Å². The van der Waals surface area contributed by atoms with Crippen molar-refractivity contribution in [3.05, 3.63) is 40.4 Å². The number of hydrogen-bond acceptors (Lipinski definition) is 4. The van der Waals surface area contributed by atoms with Crippen LogP contribution in [0.4, 0.5) is 4.79 Å². The van der Waals surface area contributed by atoms with Crippen LogP contribution in [0.3, 0.4) is 0 Å². The van der Waals surface area contributed by atoms with E-state index in [1.807, 2.05) is 32.9 Å². The van der Waals surface area contributed by atoms with E-state index in [0.29, 0.717) is 23.4 Å². The molecular formula is C20H26ClNO4. The average molecular weight is 380 g/mol. The van der Waals surface area contributed by atoms with Crippen molar-refractivity contribution in [2.24, 2.45) is 0 Å². The van der Waals surface area contributed by atoms with Crippen LogP contribution in [0, 0.1) is 0 Å². The molecule has 1 aliphatic carbocycles. The van der Waals surface area contributed by atoms with Crippen molar-refractivity contribution in [1.29, 1.82) is 0 Å². The van der Waals surface area contributed by atoms with E-state index in [1.54, 1.807) is 24.1 Å². The van der Waals surface area contributed by atoms with E-state index in [0.717, 1.165) is 17.6 Å². The highest BCUT2D eigenvalue weighted by Gasteiger charge is 2.32. The topological polar surface area (TPSA) is 55.8 Å². The molecule has 1 amide bonds. The molecule has 26 heavy (non-hydrogen) atoms. The second-order valence-electron chi connectivity index (χ2n) is 7.44. The first-order valence-electron chi connectivity index (χ1n) is 8.64. The van der Waals surface area contributed by atoms with E-state index in [9.17, 15) is 9.59 Å². The third-order valence-electron chi connectivity index (χ3n) is 4.39. The second-order valence-corrected chi connectivity index (χ2v) is 7.88. The summed E-state index contributed by atoms with van der Waals surface area (Å²) in [5.41, 5.74) is 1.94. The van der Waals surface area contributed by atoms with Gasteiger partial charge in [-0.15, -0.1) is 0 Å². The number of amides is 1. The zero-order valence-electron chi connectivity index (χ0n) is 16.0. The standard InChI is InChI=1S/C20H26ClNO4/c1-20(2,3)26-19(24)22(4)15-10-11-16(17(12-15)18(23)25-5)13-6-8-14(21)9-7-13/h6-9,15H,10-12H2,1-5H3. The Balaban J connectivity index is 2.26. The lowest BCUT2D eigenvalue weighted by Gasteiger charge is -2.34. The fraction of sp³-hybridized carbons (Fsp3) is 0.500. The molecule has 0 N–H and O–H groups in total. The van der Waals surface area contributed by atoms with Crippen molar-refractivity contribution in [3.8, 4) is 0 Å². The number of rotatable bonds is 3. The lowest BCUT2D eigenvalue weighted by Crippen LogP contribution is -2.42. The first kappa shape index (κ1) is 20.3. The van der Waals surface area contributed by atoms with Gasteiger partial charge in [0.05, 0.1) is 7.11 Å². The molecule has 2 rings (SSSR count). The Morgan fingerprint density at radius 3 is 2.35 bits per heavy atom. The van der Waals surface area contributed by atoms with Gasteiger partial charge < -0.3 is 14.4 Å². The first-order valence-corrected chi connectivity index (χ1v) is 9.02. The number of carbonyl (C=O) groups excluding carboxylic acids is 2. The smallest absolute Gasteiger partial charge is 0.410 e. The zero-order chi connectivity index (χ0) is 19.5. The summed E-state index contributed by atoms with van der Waals surface area (Å²) in [5, 5.41) is 0.646. The van der Waals surface area contributed by atoms with Crippen molar-refractivity contribution in [2.45, 2.75) is 51.7 Å². The van der Waals surface area contributed by atoms with Crippen LogP contribution in [-0.4, -0.2) is 42.8 Å². The van der Waals surface area contributed by atoms with Crippen molar-refractivity contribution in [2.75, 3.05) is 14.2 Å². The largest absolute Gasteiger partial charge is 0.466 e. The quantitative estimate of drug-likeness (QED) is 0.715. The molecule has 0 aliphatic heterocycles. The van der Waals surface area contributed by atoms with Gasteiger partial charge in [0.15, 0.2) is 0 Å². The summed E-state index contributed by atoms with van der Waals surface area (Å²) in [5.74, 6) is -0.364. The molecule has 0 saturated carbocycles. The number of halogens is 1. The Kier molecular flexibility index (Phi) is 6.34. The van der Waals surface area contributed by atoms with E-state index >= 15 is 0 Å². The van der Waals surface area contributed by atoms with Crippen molar-refractivity contribution in [3.63, 3.8) is 0 Å². The molecule has 1 aliphatic rings. The lowest BCUT2D eigenvalue weighted by atomic mass is 9.84. The number of ether oxygens (including phenoxy) is 2. The van der Waals surface area contributed by atoms with Crippen LogP contribution in [0.1, 0.15) is 45.6 Å². The highest BCUT2D eigenvalue weighted by Crippen LogP contribution is 2.35. The van der Waals surface area contributed by atoms with E-state index in [2.05, 4.69) is 0 Å². The van der Waals surface area contributed by atoms with E-state index in [4.69, 9.17) is 21.1 Å². The van der Waals surface area contributed by atoms with E-state index in [1.165, 1.54) is 7.11 Å². The molecule has 5 nitrogen and oxygen atoms in total. The minimum absolute atomic E-state index is 0.116. The minimum Gasteiger partial charge on any atom is -0.466 e. The highest BCUT2D eigenvalue weighted by atomic mass is 35.5. The predicted molar refractivity (Wildman–Crippen MR) is 102 cm³/mol. The summed E-state index contributed by atoms with van der Waals surface area (Å²) in [6, 6.07) is 7.29. The van der Waals surface area contributed by atoms with Crippen molar-refractivity contribution in [1.82, 2.24) is 4.90 Å². The number of carbonyl (C=O) groups is 2. The second kappa shape index (κ2) is 8.12. The van der Waals surface area contributed by atoms with Gasteiger partial charge in [-0.05, 0) is 56.9 Å². The van der Waals surface area contributed by atoms with Gasteiger partial charge in [0.25, 0.3) is 0 Å². The lowest BCUT2D eigenvalue weighted by molar-refractivity contribution is -0.136. The van der Waals surface area contributed by atoms with E-state index in [-0.39, 0.29) is 18.1 Å². The highest BCUT2D eigenvalue weighted by molar-refractivity contribution is 6.30. The molecule has 142 valence electrons. The molecule has 6 heteroatoms. The summed E-state index contributed by atoms with van der Waals surface area (Å²) in [6.45, 7) is 5.49. The molecule has 0 saturated heterocycles. The van der Waals surface area contributed by atoms with Crippen LogP contribution >= 0.6 is 11.6 Å². The van der Waals surface area contributed by atoms with Crippen LogP contribution in [0.15, 0.2) is 29.8 Å². The third kappa shape index (κ3) is 5.01. The van der Waals surface area contributed by atoms with Gasteiger partial charge in [-0.2, -0.15) is 0 Å². The fourth-order valence-corrected chi connectivity index (χ4v) is 3.16. The number of benzene rings is 1. The molecule has 1 aromatic rings. The monoisotopic (exact) mass is 379 g/mol. The Hall–Kier alpha value is -2.01. The molecule has 1 aromatic carbocycles. The van der Waals surface area contributed by atoms with Gasteiger partial charge in [0, 0.05) is 30.1 Å². The predicted octanol–water partition coefficient (Wildman–Crippen LogP) is 4.69. The molecule has 0 fully saturated rings. The Labute approximate surface area is 159 Å². The summed E-state index contributed by atoms with van der Waals surface area (Å²) in [7, 11) is 3.08. The molecule has 1 unspecified atom stereocenters.